The monoisotopic (exact) mass is 492 g/mol. The highest BCUT2D eigenvalue weighted by atomic mass is 16.6. The first-order valence-corrected chi connectivity index (χ1v) is 13.5. The molecule has 5 aliphatic rings. The normalized spacial score (nSPS) is 53.8. The molecule has 0 radical (unpaired) electrons. The maximum Gasteiger partial charge on any atom is 0.159 e. The first-order valence-electron chi connectivity index (χ1n) is 13.5. The average molecular weight is 493 g/mol. The van der Waals surface area contributed by atoms with E-state index >= 15 is 0 Å². The lowest BCUT2D eigenvalue weighted by Crippen LogP contribution is -2.66. The van der Waals surface area contributed by atoms with Crippen molar-refractivity contribution in [3.8, 4) is 0 Å². The smallest absolute Gasteiger partial charge is 0.159 e. The van der Waals surface area contributed by atoms with Gasteiger partial charge in [0.2, 0.25) is 0 Å². The van der Waals surface area contributed by atoms with E-state index in [1.165, 1.54) is 6.08 Å². The number of rotatable bonds is 4. The molecule has 0 amide bonds. The van der Waals surface area contributed by atoms with Gasteiger partial charge in [-0.25, -0.2) is 0 Å². The van der Waals surface area contributed by atoms with Crippen LogP contribution in [0.4, 0.5) is 0 Å². The molecule has 0 bridgehead atoms. The van der Waals surface area contributed by atoms with Gasteiger partial charge in [-0.15, -0.1) is 0 Å². The zero-order valence-corrected chi connectivity index (χ0v) is 21.9. The van der Waals surface area contributed by atoms with E-state index in [9.17, 15) is 30.3 Å². The lowest BCUT2D eigenvalue weighted by Gasteiger charge is -2.62. The van der Waals surface area contributed by atoms with Crippen molar-refractivity contribution >= 4 is 5.78 Å². The molecule has 0 aromatic heterocycles. The zero-order chi connectivity index (χ0) is 25.9. The third kappa shape index (κ3) is 3.34. The molecule has 35 heavy (non-hydrogen) atoms. The van der Waals surface area contributed by atoms with Crippen LogP contribution in [0, 0.1) is 40.4 Å². The third-order valence-electron chi connectivity index (χ3n) is 11.4. The van der Waals surface area contributed by atoms with Crippen molar-refractivity contribution in [1.29, 1.82) is 0 Å². The second-order valence-electron chi connectivity index (χ2n) is 13.6. The molecule has 1 unspecified atom stereocenters. The Morgan fingerprint density at radius 2 is 1.74 bits per heavy atom. The summed E-state index contributed by atoms with van der Waals surface area (Å²) >= 11 is 0. The fraction of sp³-hybridized carbons (Fsp3) is 0.893. The largest absolute Gasteiger partial charge is 0.392 e. The summed E-state index contributed by atoms with van der Waals surface area (Å²) in [5.41, 5.74) is -3.57. The number of ketones is 1. The van der Waals surface area contributed by atoms with E-state index in [4.69, 9.17) is 4.74 Å². The zero-order valence-electron chi connectivity index (χ0n) is 21.9. The lowest BCUT2D eigenvalue weighted by molar-refractivity contribution is -0.185. The SMILES string of the molecule is CC(C)C(C)[C@@H]1O[C@H]1[C@](C)(O)[C@H]1CC[C@@]2(O)C3=CC(=O)[C@@H]4C[C@@H](O)[C@@H](O)C[C@]4(C)[C@H]3[C@H](O)C[C@]12C. The first-order chi connectivity index (χ1) is 16.1. The van der Waals surface area contributed by atoms with Gasteiger partial charge in [0.25, 0.3) is 0 Å². The molecule has 3 saturated carbocycles. The molecule has 4 fully saturated rings. The van der Waals surface area contributed by atoms with Gasteiger partial charge in [-0.05, 0) is 73.8 Å². The summed E-state index contributed by atoms with van der Waals surface area (Å²) in [5, 5.41) is 56.5. The summed E-state index contributed by atoms with van der Waals surface area (Å²) in [6.07, 6.45) is 0.00461. The number of ether oxygens (including phenoxy) is 1. The highest BCUT2D eigenvalue weighted by Gasteiger charge is 2.72. The molecule has 5 N–H and O–H groups in total. The van der Waals surface area contributed by atoms with Crippen LogP contribution in [0.3, 0.4) is 0 Å². The summed E-state index contributed by atoms with van der Waals surface area (Å²) in [7, 11) is 0. The van der Waals surface area contributed by atoms with E-state index in [-0.39, 0.29) is 36.8 Å². The van der Waals surface area contributed by atoms with E-state index in [0.717, 1.165) is 0 Å². The molecule has 7 nitrogen and oxygen atoms in total. The third-order valence-corrected chi connectivity index (χ3v) is 11.4. The van der Waals surface area contributed by atoms with Crippen LogP contribution in [0.2, 0.25) is 0 Å². The fourth-order valence-electron chi connectivity index (χ4n) is 9.00. The number of carbonyl (C=O) groups excluding carboxylic acids is 1. The molecule has 1 saturated heterocycles. The van der Waals surface area contributed by atoms with Crippen LogP contribution in [0.1, 0.15) is 73.6 Å². The minimum atomic E-state index is -1.34. The van der Waals surface area contributed by atoms with E-state index in [1.807, 2.05) is 20.8 Å². The average Bonchev–Trinajstić information content (AvgIpc) is 3.50. The molecule has 4 aliphatic carbocycles. The van der Waals surface area contributed by atoms with Gasteiger partial charge in [0, 0.05) is 17.3 Å². The maximum absolute atomic E-state index is 13.3. The van der Waals surface area contributed by atoms with Crippen molar-refractivity contribution in [3.63, 3.8) is 0 Å². The number of carbonyl (C=O) groups is 1. The molecule has 198 valence electrons. The molecule has 0 spiro atoms. The molecule has 0 aromatic carbocycles. The summed E-state index contributed by atoms with van der Waals surface area (Å²) in [6.45, 7) is 12.1. The molecule has 1 heterocycles. The minimum absolute atomic E-state index is 0.0335. The molecule has 5 rings (SSSR count). The Hall–Kier alpha value is -0.830. The number of hydrogen-bond acceptors (Lipinski definition) is 7. The quantitative estimate of drug-likeness (QED) is 0.379. The van der Waals surface area contributed by atoms with Crippen LogP contribution < -0.4 is 0 Å². The highest BCUT2D eigenvalue weighted by Crippen LogP contribution is 2.69. The Balaban J connectivity index is 1.51. The Kier molecular flexibility index (Phi) is 5.78. The van der Waals surface area contributed by atoms with Crippen molar-refractivity contribution < 1.29 is 35.1 Å². The van der Waals surface area contributed by atoms with Gasteiger partial charge in [0.1, 0.15) is 6.10 Å². The van der Waals surface area contributed by atoms with Gasteiger partial charge < -0.3 is 30.3 Å². The van der Waals surface area contributed by atoms with Gasteiger partial charge in [-0.2, -0.15) is 0 Å². The molecule has 0 aromatic rings. The van der Waals surface area contributed by atoms with Crippen molar-refractivity contribution in [3.05, 3.63) is 11.6 Å². The van der Waals surface area contributed by atoms with Gasteiger partial charge >= 0.3 is 0 Å². The van der Waals surface area contributed by atoms with Gasteiger partial charge in [-0.1, -0.05) is 34.6 Å². The van der Waals surface area contributed by atoms with Crippen LogP contribution in [-0.4, -0.2) is 73.0 Å². The number of epoxide rings is 1. The van der Waals surface area contributed by atoms with Crippen LogP contribution in [0.15, 0.2) is 11.6 Å². The van der Waals surface area contributed by atoms with Crippen molar-refractivity contribution in [2.75, 3.05) is 0 Å². The second kappa shape index (κ2) is 7.84. The summed E-state index contributed by atoms with van der Waals surface area (Å²) in [6, 6.07) is 0. The van der Waals surface area contributed by atoms with Gasteiger partial charge in [0.15, 0.2) is 5.78 Å². The second-order valence-corrected chi connectivity index (χ2v) is 13.6. The molecule has 13 atom stereocenters. The molecular formula is C28H44O7. The van der Waals surface area contributed by atoms with Gasteiger partial charge in [-0.3, -0.25) is 4.79 Å². The Morgan fingerprint density at radius 1 is 1.09 bits per heavy atom. The predicted molar refractivity (Wildman–Crippen MR) is 129 cm³/mol. The van der Waals surface area contributed by atoms with E-state index in [2.05, 4.69) is 20.8 Å². The van der Waals surface area contributed by atoms with Crippen molar-refractivity contribution in [1.82, 2.24) is 0 Å². The van der Waals surface area contributed by atoms with Gasteiger partial charge in [0.05, 0.1) is 35.6 Å². The minimum Gasteiger partial charge on any atom is -0.392 e. The summed E-state index contributed by atoms with van der Waals surface area (Å²) in [4.78, 5) is 13.3. The predicted octanol–water partition coefficient (Wildman–Crippen LogP) is 1.97. The number of hydrogen-bond donors (Lipinski definition) is 5. The van der Waals surface area contributed by atoms with E-state index in [0.29, 0.717) is 36.7 Å². The Labute approximate surface area is 208 Å². The highest BCUT2D eigenvalue weighted by molar-refractivity contribution is 5.95. The van der Waals surface area contributed by atoms with Crippen LogP contribution in [-0.2, 0) is 9.53 Å². The maximum atomic E-state index is 13.3. The number of fused-ring (bicyclic) bond motifs is 5. The summed E-state index contributed by atoms with van der Waals surface area (Å²) < 4.78 is 6.02. The Bertz CT molecular complexity index is 928. The number of aliphatic hydroxyl groups is 5. The van der Waals surface area contributed by atoms with E-state index < -0.39 is 52.2 Å². The summed E-state index contributed by atoms with van der Waals surface area (Å²) in [5.74, 6) is -0.739. The standard InChI is InChI=1S/C28H44O7/c1-13(2)14(3)23-24(35-23)27(6,33)21-7-8-28(34)16-10-17(29)15-9-18(30)19(31)11-25(15,4)22(16)20(32)12-26(21,28)5/h10,13-15,18-24,30-34H,7-9,11-12H2,1-6H3/t14?,15-,18+,19-,20+,21-,22+,23-,24+,25-,26+,27+,28+/m0/s1. The van der Waals surface area contributed by atoms with Crippen molar-refractivity contribution in [2.45, 2.75) is 115 Å². The topological polar surface area (TPSA) is 131 Å². The fourth-order valence-corrected chi connectivity index (χ4v) is 9.00. The molecule has 7 heteroatoms. The molecular weight excluding hydrogens is 448 g/mol. The van der Waals surface area contributed by atoms with Crippen LogP contribution in [0.5, 0.6) is 0 Å². The molecule has 1 aliphatic heterocycles. The number of aliphatic hydroxyl groups excluding tert-OH is 3. The lowest BCUT2D eigenvalue weighted by atomic mass is 9.45. The van der Waals surface area contributed by atoms with Crippen LogP contribution in [0.25, 0.3) is 0 Å². The number of allylic oxidation sites excluding steroid dienone is 1. The first kappa shape index (κ1) is 25.8. The van der Waals surface area contributed by atoms with E-state index in [1.54, 1.807) is 0 Å². The van der Waals surface area contributed by atoms with Crippen molar-refractivity contribution in [2.24, 2.45) is 40.4 Å². The van der Waals surface area contributed by atoms with Crippen LogP contribution >= 0.6 is 0 Å². The Morgan fingerprint density at radius 3 is 2.37 bits per heavy atom.